The Morgan fingerprint density at radius 2 is 1.94 bits per heavy atom. The second-order valence-electron chi connectivity index (χ2n) is 9.68. The summed E-state index contributed by atoms with van der Waals surface area (Å²) in [5.74, 6) is -0.617. The SMILES string of the molecule is Cc1ccc(C(=O)Nc2cc(F)cc(CN3CCN(C(=O)C4CC(CF)C4)[C@@H](C)C3)c2C)cn1. The number of alkyl halides is 1. The van der Waals surface area contributed by atoms with Crippen molar-refractivity contribution in [1.82, 2.24) is 14.8 Å². The molecular formula is C26H32F2N4O2. The fraction of sp³-hybridized carbons (Fsp3) is 0.500. The van der Waals surface area contributed by atoms with E-state index in [1.165, 1.54) is 18.3 Å². The molecule has 0 spiro atoms. The van der Waals surface area contributed by atoms with Gasteiger partial charge in [-0.3, -0.25) is 23.9 Å². The van der Waals surface area contributed by atoms with Gasteiger partial charge in [0.25, 0.3) is 5.91 Å². The standard InChI is InChI=1S/C26H32F2N4O2/c1-16-4-5-20(13-29-16)25(33)30-24-11-23(28)10-22(18(24)3)15-31-6-7-32(17(2)14-31)26(34)21-8-19(9-21)12-27/h4-5,10-11,13,17,19,21H,6-9,12,14-15H2,1-3H3,(H,30,33)/t17-,19?,21?/m0/s1. The molecule has 8 heteroatoms. The molecule has 2 amide bonds. The number of rotatable bonds is 6. The van der Waals surface area contributed by atoms with E-state index in [9.17, 15) is 18.4 Å². The molecular weight excluding hydrogens is 438 g/mol. The Bertz CT molecular complexity index is 1050. The zero-order valence-corrected chi connectivity index (χ0v) is 20.0. The summed E-state index contributed by atoms with van der Waals surface area (Å²) >= 11 is 0. The van der Waals surface area contributed by atoms with Gasteiger partial charge in [-0.05, 0) is 74.9 Å². The third-order valence-corrected chi connectivity index (χ3v) is 7.09. The molecule has 2 heterocycles. The predicted molar refractivity (Wildman–Crippen MR) is 127 cm³/mol. The van der Waals surface area contributed by atoms with Crippen LogP contribution < -0.4 is 5.32 Å². The molecule has 34 heavy (non-hydrogen) atoms. The van der Waals surface area contributed by atoms with Crippen molar-refractivity contribution in [1.29, 1.82) is 0 Å². The van der Waals surface area contributed by atoms with Gasteiger partial charge in [0.1, 0.15) is 5.82 Å². The maximum Gasteiger partial charge on any atom is 0.257 e. The van der Waals surface area contributed by atoms with Crippen LogP contribution >= 0.6 is 0 Å². The van der Waals surface area contributed by atoms with Crippen molar-refractivity contribution in [2.24, 2.45) is 11.8 Å². The maximum atomic E-state index is 14.4. The fourth-order valence-corrected chi connectivity index (χ4v) is 4.87. The minimum absolute atomic E-state index is 0.0350. The van der Waals surface area contributed by atoms with E-state index in [0.717, 1.165) is 16.8 Å². The van der Waals surface area contributed by atoms with Crippen LogP contribution in [0.1, 0.15) is 46.9 Å². The van der Waals surface area contributed by atoms with Gasteiger partial charge in [-0.25, -0.2) is 4.39 Å². The zero-order valence-electron chi connectivity index (χ0n) is 20.0. The average molecular weight is 471 g/mol. The Balaban J connectivity index is 1.39. The van der Waals surface area contributed by atoms with Crippen LogP contribution in [0.2, 0.25) is 0 Å². The van der Waals surface area contributed by atoms with E-state index in [2.05, 4.69) is 15.2 Å². The van der Waals surface area contributed by atoms with E-state index in [-0.39, 0.29) is 36.4 Å². The van der Waals surface area contributed by atoms with Gasteiger partial charge in [0, 0.05) is 55.7 Å². The summed E-state index contributed by atoms with van der Waals surface area (Å²) in [5.41, 5.74) is 3.28. The van der Waals surface area contributed by atoms with Gasteiger partial charge in [-0.2, -0.15) is 0 Å². The Hall–Kier alpha value is -2.87. The first kappa shape index (κ1) is 24.3. The van der Waals surface area contributed by atoms with E-state index in [1.54, 1.807) is 12.1 Å². The van der Waals surface area contributed by atoms with Gasteiger partial charge in [0.05, 0.1) is 12.2 Å². The number of carbonyl (C=O) groups excluding carboxylic acids is 2. The van der Waals surface area contributed by atoms with Gasteiger partial charge in [-0.1, -0.05) is 0 Å². The minimum Gasteiger partial charge on any atom is -0.337 e. The molecule has 182 valence electrons. The molecule has 1 atom stereocenters. The number of aromatic nitrogens is 1. The lowest BCUT2D eigenvalue weighted by Crippen LogP contribution is -2.56. The van der Waals surface area contributed by atoms with E-state index >= 15 is 0 Å². The van der Waals surface area contributed by atoms with Gasteiger partial charge in [-0.15, -0.1) is 0 Å². The summed E-state index contributed by atoms with van der Waals surface area (Å²) < 4.78 is 27.2. The topological polar surface area (TPSA) is 65.5 Å². The molecule has 6 nitrogen and oxygen atoms in total. The average Bonchev–Trinajstić information content (AvgIpc) is 2.76. The van der Waals surface area contributed by atoms with Gasteiger partial charge in [0.15, 0.2) is 0 Å². The van der Waals surface area contributed by atoms with Gasteiger partial charge >= 0.3 is 0 Å². The number of hydrogen-bond donors (Lipinski definition) is 1. The Morgan fingerprint density at radius 3 is 2.59 bits per heavy atom. The van der Waals surface area contributed by atoms with Crippen molar-refractivity contribution < 1.29 is 18.4 Å². The molecule has 1 saturated heterocycles. The first-order valence-electron chi connectivity index (χ1n) is 11.9. The van der Waals surface area contributed by atoms with Crippen LogP contribution in [0.5, 0.6) is 0 Å². The van der Waals surface area contributed by atoms with Crippen LogP contribution in [0.25, 0.3) is 0 Å². The smallest absolute Gasteiger partial charge is 0.257 e. The third-order valence-electron chi connectivity index (χ3n) is 7.09. The molecule has 1 saturated carbocycles. The number of pyridine rings is 1. The number of nitrogens with one attached hydrogen (secondary N) is 1. The summed E-state index contributed by atoms with van der Waals surface area (Å²) in [4.78, 5) is 33.7. The predicted octanol–water partition coefficient (Wildman–Crippen LogP) is 4.12. The number of carbonyl (C=O) groups is 2. The van der Waals surface area contributed by atoms with Gasteiger partial charge in [0.2, 0.25) is 5.91 Å². The Kier molecular flexibility index (Phi) is 7.26. The van der Waals surface area contributed by atoms with Crippen molar-refractivity contribution in [2.45, 2.75) is 46.2 Å². The van der Waals surface area contributed by atoms with E-state index in [1.807, 2.05) is 25.7 Å². The lowest BCUT2D eigenvalue weighted by atomic mass is 9.74. The summed E-state index contributed by atoms with van der Waals surface area (Å²) in [7, 11) is 0. The lowest BCUT2D eigenvalue weighted by Gasteiger charge is -2.44. The highest BCUT2D eigenvalue weighted by Crippen LogP contribution is 2.36. The van der Waals surface area contributed by atoms with Crippen LogP contribution in [0.3, 0.4) is 0 Å². The van der Waals surface area contributed by atoms with Crippen LogP contribution in [0.4, 0.5) is 14.5 Å². The number of aryl methyl sites for hydroxylation is 1. The van der Waals surface area contributed by atoms with Crippen molar-refractivity contribution >= 4 is 17.5 Å². The number of benzene rings is 1. The number of hydrogen-bond acceptors (Lipinski definition) is 4. The number of piperazine rings is 1. The summed E-state index contributed by atoms with van der Waals surface area (Å²) in [6, 6.07) is 6.32. The lowest BCUT2D eigenvalue weighted by molar-refractivity contribution is -0.144. The number of amides is 2. The van der Waals surface area contributed by atoms with Crippen molar-refractivity contribution in [3.8, 4) is 0 Å². The molecule has 1 aromatic carbocycles. The molecule has 1 aromatic heterocycles. The normalized spacial score (nSPS) is 22.9. The highest BCUT2D eigenvalue weighted by atomic mass is 19.1. The molecule has 0 bridgehead atoms. The van der Waals surface area contributed by atoms with Crippen LogP contribution in [-0.4, -0.2) is 58.9 Å². The molecule has 2 aliphatic rings. The van der Waals surface area contributed by atoms with Crippen LogP contribution in [0.15, 0.2) is 30.5 Å². The molecule has 0 unspecified atom stereocenters. The van der Waals surface area contributed by atoms with E-state index in [4.69, 9.17) is 0 Å². The first-order chi connectivity index (χ1) is 16.2. The molecule has 4 rings (SSSR count). The second-order valence-corrected chi connectivity index (χ2v) is 9.68. The Morgan fingerprint density at radius 1 is 1.18 bits per heavy atom. The summed E-state index contributed by atoms with van der Waals surface area (Å²) in [6.07, 6.45) is 2.81. The first-order valence-corrected chi connectivity index (χ1v) is 11.9. The fourth-order valence-electron chi connectivity index (χ4n) is 4.87. The van der Waals surface area contributed by atoms with Crippen molar-refractivity contribution in [3.05, 3.63) is 58.7 Å². The molecule has 2 aromatic rings. The summed E-state index contributed by atoms with van der Waals surface area (Å²) in [6.45, 7) is 7.89. The molecule has 2 fully saturated rings. The number of anilines is 1. The Labute approximate surface area is 199 Å². The molecule has 1 N–H and O–H groups in total. The molecule has 0 radical (unpaired) electrons. The number of halogens is 2. The maximum absolute atomic E-state index is 14.4. The van der Waals surface area contributed by atoms with Crippen molar-refractivity contribution in [2.75, 3.05) is 31.6 Å². The van der Waals surface area contributed by atoms with Crippen molar-refractivity contribution in [3.63, 3.8) is 0 Å². The van der Waals surface area contributed by atoms with Crippen LogP contribution in [-0.2, 0) is 11.3 Å². The van der Waals surface area contributed by atoms with E-state index < -0.39 is 5.82 Å². The second kappa shape index (κ2) is 10.2. The summed E-state index contributed by atoms with van der Waals surface area (Å²) in [5, 5.41) is 2.81. The highest BCUT2D eigenvalue weighted by molar-refractivity contribution is 6.04. The van der Waals surface area contributed by atoms with E-state index in [0.29, 0.717) is 50.3 Å². The zero-order chi connectivity index (χ0) is 24.4. The van der Waals surface area contributed by atoms with Gasteiger partial charge < -0.3 is 10.2 Å². The third kappa shape index (κ3) is 5.27. The van der Waals surface area contributed by atoms with Crippen LogP contribution in [0, 0.1) is 31.5 Å². The number of nitrogens with zero attached hydrogens (tertiary/aromatic N) is 3. The molecule has 1 aliphatic carbocycles. The monoisotopic (exact) mass is 470 g/mol. The minimum atomic E-state index is -0.410. The quantitative estimate of drug-likeness (QED) is 0.690. The highest BCUT2D eigenvalue weighted by Gasteiger charge is 2.39. The largest absolute Gasteiger partial charge is 0.337 e. The molecule has 1 aliphatic heterocycles.